The first-order valence-corrected chi connectivity index (χ1v) is 7.94. The van der Waals surface area contributed by atoms with E-state index in [9.17, 15) is 9.90 Å². The van der Waals surface area contributed by atoms with Crippen molar-refractivity contribution in [1.29, 1.82) is 0 Å². The minimum atomic E-state index is -0.496. The van der Waals surface area contributed by atoms with Gasteiger partial charge in [-0.3, -0.25) is 0 Å². The van der Waals surface area contributed by atoms with Crippen molar-refractivity contribution in [3.05, 3.63) is 12.2 Å². The first-order valence-electron chi connectivity index (χ1n) is 7.94. The van der Waals surface area contributed by atoms with Crippen LogP contribution in [0.3, 0.4) is 0 Å². The zero-order chi connectivity index (χ0) is 14.5. The van der Waals surface area contributed by atoms with Crippen LogP contribution in [0.4, 0.5) is 0 Å². The molecule has 4 saturated carbocycles. The van der Waals surface area contributed by atoms with Crippen molar-refractivity contribution in [2.45, 2.75) is 51.6 Å². The summed E-state index contributed by atoms with van der Waals surface area (Å²) in [4.78, 5) is 11.5. The highest BCUT2D eigenvalue weighted by Gasteiger charge is 2.57. The van der Waals surface area contributed by atoms with Crippen LogP contribution < -0.4 is 0 Å². The maximum atomic E-state index is 11.5. The SMILES string of the molecule is C=C(C)C(=O)OCC(C)C1C2CC3CC(C2)CC1(O)C3. The fraction of sp³-hybridized carbons (Fsp3) is 0.824. The maximum absolute atomic E-state index is 11.5. The van der Waals surface area contributed by atoms with Gasteiger partial charge in [0, 0.05) is 5.57 Å². The number of carbonyl (C=O) groups excluding carboxylic acids is 1. The van der Waals surface area contributed by atoms with Gasteiger partial charge >= 0.3 is 5.97 Å². The lowest BCUT2D eigenvalue weighted by atomic mass is 9.48. The van der Waals surface area contributed by atoms with Gasteiger partial charge in [-0.2, -0.15) is 0 Å². The molecule has 3 nitrogen and oxygen atoms in total. The second kappa shape index (κ2) is 4.87. The second-order valence-corrected chi connectivity index (χ2v) is 7.59. The van der Waals surface area contributed by atoms with Gasteiger partial charge in [-0.25, -0.2) is 4.79 Å². The molecule has 3 heteroatoms. The summed E-state index contributed by atoms with van der Waals surface area (Å²) in [6, 6.07) is 0. The molecule has 4 unspecified atom stereocenters. The fourth-order valence-corrected chi connectivity index (χ4v) is 5.47. The van der Waals surface area contributed by atoms with Gasteiger partial charge < -0.3 is 9.84 Å². The summed E-state index contributed by atoms with van der Waals surface area (Å²) >= 11 is 0. The number of hydrogen-bond acceptors (Lipinski definition) is 3. The molecular weight excluding hydrogens is 252 g/mol. The van der Waals surface area contributed by atoms with Crippen LogP contribution in [0, 0.1) is 29.6 Å². The summed E-state index contributed by atoms with van der Waals surface area (Å²) < 4.78 is 5.32. The number of ether oxygens (including phenoxy) is 1. The maximum Gasteiger partial charge on any atom is 0.333 e. The van der Waals surface area contributed by atoms with Gasteiger partial charge in [0.25, 0.3) is 0 Å². The highest BCUT2D eigenvalue weighted by molar-refractivity contribution is 5.86. The third kappa shape index (κ3) is 2.30. The molecule has 0 aromatic rings. The predicted octanol–water partition coefficient (Wildman–Crippen LogP) is 2.93. The quantitative estimate of drug-likeness (QED) is 0.635. The summed E-state index contributed by atoms with van der Waals surface area (Å²) in [6.07, 6.45) is 5.78. The lowest BCUT2D eigenvalue weighted by Crippen LogP contribution is -2.59. The number of hydrogen-bond donors (Lipinski definition) is 1. The van der Waals surface area contributed by atoms with Gasteiger partial charge in [0.15, 0.2) is 0 Å². The van der Waals surface area contributed by atoms with Gasteiger partial charge in [0.1, 0.15) is 0 Å². The zero-order valence-electron chi connectivity index (χ0n) is 12.6. The molecule has 0 spiro atoms. The van der Waals surface area contributed by atoms with Crippen LogP contribution in [-0.2, 0) is 9.53 Å². The molecular formula is C17H26O3. The Bertz CT molecular complexity index is 414. The van der Waals surface area contributed by atoms with Gasteiger partial charge in [-0.1, -0.05) is 13.5 Å². The van der Waals surface area contributed by atoms with Crippen LogP contribution in [0.25, 0.3) is 0 Å². The second-order valence-electron chi connectivity index (χ2n) is 7.59. The first-order chi connectivity index (χ1) is 9.39. The summed E-state index contributed by atoms with van der Waals surface area (Å²) in [5.41, 5.74) is -0.0509. The molecule has 4 aliphatic carbocycles. The Labute approximate surface area is 121 Å². The lowest BCUT2D eigenvalue weighted by Gasteiger charge is -2.60. The zero-order valence-corrected chi connectivity index (χ0v) is 12.6. The molecule has 0 heterocycles. The van der Waals surface area contributed by atoms with Crippen molar-refractivity contribution in [2.24, 2.45) is 29.6 Å². The van der Waals surface area contributed by atoms with E-state index < -0.39 is 5.60 Å². The van der Waals surface area contributed by atoms with E-state index in [2.05, 4.69) is 13.5 Å². The lowest BCUT2D eigenvalue weighted by molar-refractivity contribution is -0.192. The van der Waals surface area contributed by atoms with E-state index in [1.807, 2.05) is 0 Å². The van der Waals surface area contributed by atoms with Crippen molar-refractivity contribution in [3.8, 4) is 0 Å². The molecule has 0 aliphatic heterocycles. The Hall–Kier alpha value is -0.830. The van der Waals surface area contributed by atoms with Gasteiger partial charge in [-0.15, -0.1) is 0 Å². The monoisotopic (exact) mass is 278 g/mol. The third-order valence-electron chi connectivity index (χ3n) is 5.79. The molecule has 4 fully saturated rings. The van der Waals surface area contributed by atoms with Gasteiger partial charge in [0.2, 0.25) is 0 Å². The summed E-state index contributed by atoms with van der Waals surface area (Å²) in [6.45, 7) is 7.81. The Morgan fingerprint density at radius 1 is 1.35 bits per heavy atom. The van der Waals surface area contributed by atoms with E-state index in [1.165, 1.54) is 19.3 Å². The molecule has 0 saturated heterocycles. The standard InChI is InChI=1S/C17H26O3/c1-10(2)16(18)20-9-11(3)15-14-5-12-4-13(6-14)8-17(15,19)7-12/h11-15,19H,1,4-9H2,2-3H3. The van der Waals surface area contributed by atoms with E-state index in [0.717, 1.165) is 24.7 Å². The molecule has 112 valence electrons. The third-order valence-corrected chi connectivity index (χ3v) is 5.79. The molecule has 4 rings (SSSR count). The van der Waals surface area contributed by atoms with Crippen LogP contribution in [0.5, 0.6) is 0 Å². The van der Waals surface area contributed by atoms with Crippen LogP contribution in [0.15, 0.2) is 12.2 Å². The minimum absolute atomic E-state index is 0.230. The van der Waals surface area contributed by atoms with E-state index in [4.69, 9.17) is 4.74 Å². The highest BCUT2D eigenvalue weighted by atomic mass is 16.5. The van der Waals surface area contributed by atoms with Crippen molar-refractivity contribution < 1.29 is 14.6 Å². The molecule has 0 aromatic heterocycles. The average Bonchev–Trinajstić information content (AvgIpc) is 2.33. The number of esters is 1. The van der Waals surface area contributed by atoms with E-state index in [-0.39, 0.29) is 11.9 Å². The first kappa shape index (κ1) is 14.1. The molecule has 20 heavy (non-hydrogen) atoms. The van der Waals surface area contributed by atoms with Crippen LogP contribution >= 0.6 is 0 Å². The van der Waals surface area contributed by atoms with Crippen molar-refractivity contribution in [1.82, 2.24) is 0 Å². The molecule has 4 aliphatic rings. The smallest absolute Gasteiger partial charge is 0.333 e. The largest absolute Gasteiger partial charge is 0.462 e. The van der Waals surface area contributed by atoms with E-state index >= 15 is 0 Å². The van der Waals surface area contributed by atoms with Gasteiger partial charge in [0.05, 0.1) is 12.2 Å². The van der Waals surface area contributed by atoms with Crippen LogP contribution in [0.1, 0.15) is 46.0 Å². The topological polar surface area (TPSA) is 46.5 Å². The van der Waals surface area contributed by atoms with Crippen LogP contribution in [0.2, 0.25) is 0 Å². The highest BCUT2D eigenvalue weighted by Crippen LogP contribution is 2.60. The number of aliphatic hydroxyl groups is 1. The molecule has 4 bridgehead atoms. The number of rotatable bonds is 4. The Kier molecular flexibility index (Phi) is 3.44. The minimum Gasteiger partial charge on any atom is -0.462 e. The molecule has 0 radical (unpaired) electrons. The summed E-state index contributed by atoms with van der Waals surface area (Å²) in [5, 5.41) is 11.0. The van der Waals surface area contributed by atoms with Crippen molar-refractivity contribution in [2.75, 3.05) is 6.61 Å². The Morgan fingerprint density at radius 3 is 2.45 bits per heavy atom. The van der Waals surface area contributed by atoms with Crippen molar-refractivity contribution >= 4 is 5.97 Å². The molecule has 4 atom stereocenters. The Morgan fingerprint density at radius 2 is 1.95 bits per heavy atom. The van der Waals surface area contributed by atoms with E-state index in [0.29, 0.717) is 24.0 Å². The summed E-state index contributed by atoms with van der Waals surface area (Å²) in [5.74, 6) is 2.32. The molecule has 0 aromatic carbocycles. The molecule has 1 N–H and O–H groups in total. The fourth-order valence-electron chi connectivity index (χ4n) is 5.47. The average molecular weight is 278 g/mol. The predicted molar refractivity (Wildman–Crippen MR) is 76.9 cm³/mol. The number of carbonyl (C=O) groups is 1. The Balaban J connectivity index is 1.67. The van der Waals surface area contributed by atoms with E-state index in [1.54, 1.807) is 6.92 Å². The van der Waals surface area contributed by atoms with Gasteiger partial charge in [-0.05, 0) is 68.6 Å². The van der Waals surface area contributed by atoms with Crippen molar-refractivity contribution in [3.63, 3.8) is 0 Å². The van der Waals surface area contributed by atoms with Crippen LogP contribution in [-0.4, -0.2) is 23.3 Å². The summed E-state index contributed by atoms with van der Waals surface area (Å²) in [7, 11) is 0. The molecule has 0 amide bonds. The normalized spacial score (nSPS) is 43.4.